The van der Waals surface area contributed by atoms with Gasteiger partial charge in [0, 0.05) is 6.20 Å². The van der Waals surface area contributed by atoms with Crippen molar-refractivity contribution in [2.45, 2.75) is 0 Å². The van der Waals surface area contributed by atoms with E-state index in [1.807, 2.05) is 0 Å². The highest BCUT2D eigenvalue weighted by Gasteiger charge is 2.20. The number of aromatic nitrogens is 2. The molecule has 0 saturated heterocycles. The van der Waals surface area contributed by atoms with Gasteiger partial charge >= 0.3 is 5.97 Å². The first kappa shape index (κ1) is 10.1. The summed E-state index contributed by atoms with van der Waals surface area (Å²) in [6.07, 6.45) is 1.48. The molecule has 0 aliphatic heterocycles. The number of ether oxygens (including phenoxy) is 1. The SMILES string of the molecule is COC(=O)c1nc2c(Br)cccn2c1F. The van der Waals surface area contributed by atoms with Crippen molar-refractivity contribution in [2.75, 3.05) is 7.11 Å². The maximum Gasteiger partial charge on any atom is 0.361 e. The number of carbonyl (C=O) groups excluding carboxylic acids is 1. The molecule has 0 bridgehead atoms. The summed E-state index contributed by atoms with van der Waals surface area (Å²) in [5.41, 5.74) is 0.0276. The third-order valence-corrected chi connectivity index (χ3v) is 2.54. The van der Waals surface area contributed by atoms with E-state index in [4.69, 9.17) is 0 Å². The van der Waals surface area contributed by atoms with E-state index in [0.717, 1.165) is 0 Å². The molecule has 2 aromatic heterocycles. The fourth-order valence-corrected chi connectivity index (χ4v) is 1.66. The van der Waals surface area contributed by atoms with Crippen LogP contribution in [0.5, 0.6) is 0 Å². The van der Waals surface area contributed by atoms with Gasteiger partial charge in [0.25, 0.3) is 0 Å². The topological polar surface area (TPSA) is 43.6 Å². The third-order valence-electron chi connectivity index (χ3n) is 1.92. The summed E-state index contributed by atoms with van der Waals surface area (Å²) in [7, 11) is 1.18. The predicted octanol–water partition coefficient (Wildman–Crippen LogP) is 2.02. The molecule has 2 heterocycles. The van der Waals surface area contributed by atoms with Crippen LogP contribution in [0.4, 0.5) is 4.39 Å². The maximum absolute atomic E-state index is 13.6. The molecule has 0 aliphatic rings. The molecule has 0 atom stereocenters. The second kappa shape index (κ2) is 3.62. The number of carbonyl (C=O) groups is 1. The van der Waals surface area contributed by atoms with Gasteiger partial charge in [0.1, 0.15) is 0 Å². The molecule has 15 heavy (non-hydrogen) atoms. The quantitative estimate of drug-likeness (QED) is 0.746. The van der Waals surface area contributed by atoms with E-state index in [0.29, 0.717) is 10.1 Å². The Hall–Kier alpha value is -1.43. The summed E-state index contributed by atoms with van der Waals surface area (Å²) < 4.78 is 19.8. The summed E-state index contributed by atoms with van der Waals surface area (Å²) >= 11 is 3.21. The van der Waals surface area contributed by atoms with E-state index in [-0.39, 0.29) is 5.69 Å². The molecule has 4 nitrogen and oxygen atoms in total. The summed E-state index contributed by atoms with van der Waals surface area (Å²) in [5.74, 6) is -1.51. The number of rotatable bonds is 1. The first-order valence-electron chi connectivity index (χ1n) is 4.05. The molecule has 0 unspecified atom stereocenters. The monoisotopic (exact) mass is 272 g/mol. The van der Waals surface area contributed by atoms with E-state index in [9.17, 15) is 9.18 Å². The van der Waals surface area contributed by atoms with Crippen LogP contribution in [0.15, 0.2) is 22.8 Å². The number of fused-ring (bicyclic) bond motifs is 1. The van der Waals surface area contributed by atoms with Crippen molar-refractivity contribution in [1.29, 1.82) is 0 Å². The van der Waals surface area contributed by atoms with E-state index in [1.54, 1.807) is 12.1 Å². The highest BCUT2D eigenvalue weighted by molar-refractivity contribution is 9.10. The van der Waals surface area contributed by atoms with Gasteiger partial charge in [-0.2, -0.15) is 4.39 Å². The molecule has 0 N–H and O–H groups in total. The van der Waals surface area contributed by atoms with Crippen LogP contribution in [0.1, 0.15) is 10.5 Å². The van der Waals surface area contributed by atoms with E-state index >= 15 is 0 Å². The van der Waals surface area contributed by atoms with Gasteiger partial charge in [-0.1, -0.05) is 0 Å². The molecule has 0 radical (unpaired) electrons. The Morgan fingerprint density at radius 3 is 3.00 bits per heavy atom. The smallest absolute Gasteiger partial charge is 0.361 e. The van der Waals surface area contributed by atoms with Crippen molar-refractivity contribution in [3.05, 3.63) is 34.4 Å². The van der Waals surface area contributed by atoms with Crippen LogP contribution in [0.2, 0.25) is 0 Å². The van der Waals surface area contributed by atoms with Gasteiger partial charge in [-0.05, 0) is 28.1 Å². The zero-order chi connectivity index (χ0) is 11.0. The number of nitrogens with zero attached hydrogens (tertiary/aromatic N) is 2. The molecule has 0 aromatic carbocycles. The van der Waals surface area contributed by atoms with Crippen molar-refractivity contribution in [3.8, 4) is 0 Å². The van der Waals surface area contributed by atoms with Crippen LogP contribution in [0.25, 0.3) is 5.65 Å². The Balaban J connectivity index is 2.75. The van der Waals surface area contributed by atoms with Crippen LogP contribution >= 0.6 is 15.9 Å². The molecule has 6 heteroatoms. The summed E-state index contributed by atoms with van der Waals surface area (Å²) in [6.45, 7) is 0. The Bertz CT molecular complexity index is 538. The lowest BCUT2D eigenvalue weighted by Gasteiger charge is -1.94. The first-order valence-corrected chi connectivity index (χ1v) is 4.85. The van der Waals surface area contributed by atoms with Crippen LogP contribution in [0.3, 0.4) is 0 Å². The number of halogens is 2. The van der Waals surface area contributed by atoms with Crippen LogP contribution in [0, 0.1) is 5.95 Å². The van der Waals surface area contributed by atoms with Crippen molar-refractivity contribution >= 4 is 27.5 Å². The summed E-state index contributed by atoms with van der Waals surface area (Å²) in [4.78, 5) is 15.0. The summed E-state index contributed by atoms with van der Waals surface area (Å²) in [6, 6.07) is 3.35. The number of pyridine rings is 1. The van der Waals surface area contributed by atoms with E-state index in [1.165, 1.54) is 17.7 Å². The second-order valence-corrected chi connectivity index (χ2v) is 3.65. The molecule has 0 aliphatic carbocycles. The lowest BCUT2D eigenvalue weighted by Crippen LogP contribution is -2.04. The fraction of sp³-hybridized carbons (Fsp3) is 0.111. The first-order chi connectivity index (χ1) is 7.15. The maximum atomic E-state index is 13.6. The van der Waals surface area contributed by atoms with Crippen LogP contribution in [-0.2, 0) is 4.74 Å². The Morgan fingerprint density at radius 1 is 1.67 bits per heavy atom. The van der Waals surface area contributed by atoms with Gasteiger partial charge in [0.2, 0.25) is 11.6 Å². The molecule has 0 spiro atoms. The molecule has 0 saturated carbocycles. The van der Waals surface area contributed by atoms with Gasteiger partial charge in [0.15, 0.2) is 5.65 Å². The van der Waals surface area contributed by atoms with Gasteiger partial charge < -0.3 is 4.74 Å². The zero-order valence-corrected chi connectivity index (χ0v) is 9.28. The number of methoxy groups -OCH3 is 1. The minimum atomic E-state index is -0.789. The molecule has 78 valence electrons. The van der Waals surface area contributed by atoms with Crippen molar-refractivity contribution in [3.63, 3.8) is 0 Å². The van der Waals surface area contributed by atoms with E-state index in [2.05, 4.69) is 25.7 Å². The third kappa shape index (κ3) is 1.50. The summed E-state index contributed by atoms with van der Waals surface area (Å²) in [5, 5.41) is 0. The van der Waals surface area contributed by atoms with E-state index < -0.39 is 11.9 Å². The number of hydrogen-bond acceptors (Lipinski definition) is 3. The molecule has 0 amide bonds. The zero-order valence-electron chi connectivity index (χ0n) is 7.70. The Kier molecular flexibility index (Phi) is 2.44. The highest BCUT2D eigenvalue weighted by Crippen LogP contribution is 2.19. The standard InChI is InChI=1S/C9H6BrFN2O2/c1-15-9(14)6-7(11)13-4-2-3-5(10)8(13)12-6/h2-4H,1H3. The Labute approximate surface area is 92.8 Å². The average Bonchev–Trinajstić information content (AvgIpc) is 2.57. The predicted molar refractivity (Wildman–Crippen MR) is 54.2 cm³/mol. The lowest BCUT2D eigenvalue weighted by molar-refractivity contribution is 0.0589. The molecule has 2 rings (SSSR count). The van der Waals surface area contributed by atoms with Gasteiger partial charge in [0.05, 0.1) is 11.6 Å². The number of imidazole rings is 1. The normalized spacial score (nSPS) is 10.6. The number of esters is 1. The van der Waals surface area contributed by atoms with Crippen molar-refractivity contribution in [1.82, 2.24) is 9.38 Å². The van der Waals surface area contributed by atoms with Crippen LogP contribution < -0.4 is 0 Å². The molecular formula is C9H6BrFN2O2. The molecule has 0 fully saturated rings. The molecular weight excluding hydrogens is 267 g/mol. The minimum absolute atomic E-state index is 0.315. The van der Waals surface area contributed by atoms with Crippen molar-refractivity contribution < 1.29 is 13.9 Å². The number of hydrogen-bond donors (Lipinski definition) is 0. The fourth-order valence-electron chi connectivity index (χ4n) is 1.23. The van der Waals surface area contributed by atoms with Crippen LogP contribution in [-0.4, -0.2) is 22.5 Å². The van der Waals surface area contributed by atoms with Gasteiger partial charge in [-0.15, -0.1) is 0 Å². The largest absolute Gasteiger partial charge is 0.464 e. The van der Waals surface area contributed by atoms with Gasteiger partial charge in [-0.3, -0.25) is 4.40 Å². The van der Waals surface area contributed by atoms with Gasteiger partial charge in [-0.25, -0.2) is 9.78 Å². The lowest BCUT2D eigenvalue weighted by atomic mass is 10.5. The average molecular weight is 273 g/mol. The Morgan fingerprint density at radius 2 is 2.40 bits per heavy atom. The second-order valence-electron chi connectivity index (χ2n) is 2.79. The minimum Gasteiger partial charge on any atom is -0.464 e. The molecule has 2 aromatic rings. The highest BCUT2D eigenvalue weighted by atomic mass is 79.9. The van der Waals surface area contributed by atoms with Crippen molar-refractivity contribution in [2.24, 2.45) is 0 Å².